The van der Waals surface area contributed by atoms with Crippen LogP contribution in [0.1, 0.15) is 6.42 Å². The van der Waals surface area contributed by atoms with Crippen LogP contribution in [0.25, 0.3) is 0 Å². The van der Waals surface area contributed by atoms with Gasteiger partial charge in [-0.1, -0.05) is 0 Å². The number of methoxy groups -OCH3 is 1. The summed E-state index contributed by atoms with van der Waals surface area (Å²) in [5.41, 5.74) is 5.84. The summed E-state index contributed by atoms with van der Waals surface area (Å²) in [6.07, 6.45) is 4.39. The van der Waals surface area contributed by atoms with Gasteiger partial charge in [-0.25, -0.2) is 9.97 Å². The summed E-state index contributed by atoms with van der Waals surface area (Å²) < 4.78 is 11.0. The van der Waals surface area contributed by atoms with E-state index in [1.807, 2.05) is 6.07 Å². The van der Waals surface area contributed by atoms with Crippen molar-refractivity contribution in [1.82, 2.24) is 14.9 Å². The van der Waals surface area contributed by atoms with Crippen molar-refractivity contribution in [3.8, 4) is 0 Å². The van der Waals surface area contributed by atoms with Crippen LogP contribution in [0.15, 0.2) is 23.5 Å². The van der Waals surface area contributed by atoms with Gasteiger partial charge in [-0.3, -0.25) is 4.99 Å². The molecular formula is C15H25IN6O2. The van der Waals surface area contributed by atoms with Crippen LogP contribution in [0.3, 0.4) is 0 Å². The van der Waals surface area contributed by atoms with E-state index < -0.39 is 0 Å². The number of aromatic nitrogens is 2. The molecule has 3 rings (SSSR count). The van der Waals surface area contributed by atoms with Crippen LogP contribution in [-0.4, -0.2) is 79.5 Å². The molecule has 0 bridgehead atoms. The molecule has 0 saturated carbocycles. The van der Waals surface area contributed by atoms with Crippen LogP contribution in [0.5, 0.6) is 0 Å². The number of halogens is 1. The Morgan fingerprint density at radius 2 is 2.04 bits per heavy atom. The molecule has 2 aliphatic rings. The van der Waals surface area contributed by atoms with E-state index in [1.165, 1.54) is 0 Å². The molecular weight excluding hydrogens is 423 g/mol. The smallest absolute Gasteiger partial charge is 0.225 e. The van der Waals surface area contributed by atoms with Gasteiger partial charge >= 0.3 is 0 Å². The van der Waals surface area contributed by atoms with Crippen molar-refractivity contribution < 1.29 is 9.47 Å². The average Bonchev–Trinajstić information content (AvgIpc) is 3.10. The predicted molar refractivity (Wildman–Crippen MR) is 103 cm³/mol. The lowest BCUT2D eigenvalue weighted by Gasteiger charge is -2.35. The number of hydrogen-bond acceptors (Lipinski definition) is 6. The van der Waals surface area contributed by atoms with Crippen LogP contribution in [0.2, 0.25) is 0 Å². The molecule has 3 heterocycles. The summed E-state index contributed by atoms with van der Waals surface area (Å²) in [6, 6.07) is 1.82. The predicted octanol–water partition coefficient (Wildman–Crippen LogP) is 0.337. The first-order valence-electron chi connectivity index (χ1n) is 7.92. The number of hydrogen-bond donors (Lipinski definition) is 1. The topological polar surface area (TPSA) is 89.1 Å². The fraction of sp³-hybridized carbons (Fsp3) is 0.667. The van der Waals surface area contributed by atoms with Crippen LogP contribution < -0.4 is 10.6 Å². The Morgan fingerprint density at radius 1 is 1.33 bits per heavy atom. The first-order valence-corrected chi connectivity index (χ1v) is 7.92. The number of rotatable bonds is 4. The zero-order valence-electron chi connectivity index (χ0n) is 13.9. The number of guanidine groups is 1. The van der Waals surface area contributed by atoms with Crippen molar-refractivity contribution in [3.05, 3.63) is 18.5 Å². The zero-order chi connectivity index (χ0) is 16.1. The quantitative estimate of drug-likeness (QED) is 0.404. The minimum absolute atomic E-state index is 0. The van der Waals surface area contributed by atoms with Crippen LogP contribution >= 0.6 is 24.0 Å². The number of nitrogens with two attached hydrogens (primary N) is 1. The second-order valence-corrected chi connectivity index (χ2v) is 5.89. The van der Waals surface area contributed by atoms with Gasteiger partial charge in [0.05, 0.1) is 13.2 Å². The fourth-order valence-corrected chi connectivity index (χ4v) is 2.85. The number of ether oxygens (including phenoxy) is 2. The zero-order valence-corrected chi connectivity index (χ0v) is 16.3. The maximum absolute atomic E-state index is 6.15. The van der Waals surface area contributed by atoms with Gasteiger partial charge in [-0.15, -0.1) is 24.0 Å². The molecule has 0 amide bonds. The standard InChI is InChI=1S/C15H24N6O2.HI/c1-22-15(3-10-23-12-15)11-19-13(16)20-6-8-21(9-7-20)14-17-4-2-5-18-14;/h2,4-5H,3,6-12H2,1H3,(H2,16,19);1H. The minimum Gasteiger partial charge on any atom is -0.378 e. The summed E-state index contributed by atoms with van der Waals surface area (Å²) in [7, 11) is 1.71. The highest BCUT2D eigenvalue weighted by Crippen LogP contribution is 2.22. The molecule has 2 saturated heterocycles. The Balaban J connectivity index is 0.00000208. The molecule has 0 radical (unpaired) electrons. The van der Waals surface area contributed by atoms with Crippen molar-refractivity contribution in [1.29, 1.82) is 0 Å². The first-order chi connectivity index (χ1) is 11.2. The van der Waals surface area contributed by atoms with Gasteiger partial charge < -0.3 is 25.0 Å². The van der Waals surface area contributed by atoms with E-state index in [0.29, 0.717) is 19.1 Å². The van der Waals surface area contributed by atoms with E-state index >= 15 is 0 Å². The SMILES string of the molecule is COC1(CN=C(N)N2CCN(c3ncccn3)CC2)CCOC1.I. The van der Waals surface area contributed by atoms with Crippen molar-refractivity contribution in [3.63, 3.8) is 0 Å². The lowest BCUT2D eigenvalue weighted by atomic mass is 10.0. The molecule has 9 heteroatoms. The normalized spacial score (nSPS) is 24.8. The van der Waals surface area contributed by atoms with Crippen LogP contribution in [0, 0.1) is 0 Å². The highest BCUT2D eigenvalue weighted by Gasteiger charge is 2.35. The van der Waals surface area contributed by atoms with Gasteiger partial charge in [-0.2, -0.15) is 0 Å². The molecule has 1 unspecified atom stereocenters. The highest BCUT2D eigenvalue weighted by molar-refractivity contribution is 14.0. The summed E-state index contributed by atoms with van der Waals surface area (Å²) in [4.78, 5) is 17.4. The fourth-order valence-electron chi connectivity index (χ4n) is 2.85. The van der Waals surface area contributed by atoms with E-state index in [0.717, 1.165) is 45.2 Å². The molecule has 0 aliphatic carbocycles. The molecule has 0 aromatic carbocycles. The van der Waals surface area contributed by atoms with E-state index in [-0.39, 0.29) is 29.6 Å². The van der Waals surface area contributed by atoms with Crippen molar-refractivity contribution in [2.75, 3.05) is 57.9 Å². The van der Waals surface area contributed by atoms with Gasteiger partial charge in [0.2, 0.25) is 5.95 Å². The molecule has 0 spiro atoms. The molecule has 24 heavy (non-hydrogen) atoms. The Labute approximate surface area is 159 Å². The maximum atomic E-state index is 6.15. The summed E-state index contributed by atoms with van der Waals surface area (Å²) >= 11 is 0. The largest absolute Gasteiger partial charge is 0.378 e. The van der Waals surface area contributed by atoms with E-state index in [4.69, 9.17) is 15.2 Å². The first kappa shape index (κ1) is 19.1. The highest BCUT2D eigenvalue weighted by atomic mass is 127. The monoisotopic (exact) mass is 448 g/mol. The number of aliphatic imine (C=N–C) groups is 1. The summed E-state index contributed by atoms with van der Waals surface area (Å²) in [5, 5.41) is 0. The Kier molecular flexibility index (Phi) is 6.99. The third kappa shape index (κ3) is 4.45. The Morgan fingerprint density at radius 3 is 2.62 bits per heavy atom. The van der Waals surface area contributed by atoms with Crippen LogP contribution in [0.4, 0.5) is 5.95 Å². The maximum Gasteiger partial charge on any atom is 0.225 e. The minimum atomic E-state index is -0.315. The molecule has 8 nitrogen and oxygen atoms in total. The van der Waals surface area contributed by atoms with Gasteiger partial charge in [0.1, 0.15) is 5.60 Å². The number of anilines is 1. The average molecular weight is 448 g/mol. The van der Waals surface area contributed by atoms with Crippen molar-refractivity contribution in [2.45, 2.75) is 12.0 Å². The summed E-state index contributed by atoms with van der Waals surface area (Å²) in [6.45, 7) is 5.13. The molecule has 2 aliphatic heterocycles. The van der Waals surface area contributed by atoms with Crippen molar-refractivity contribution >= 4 is 35.9 Å². The van der Waals surface area contributed by atoms with E-state index in [2.05, 4.69) is 24.8 Å². The second kappa shape index (κ2) is 8.77. The van der Waals surface area contributed by atoms with E-state index in [9.17, 15) is 0 Å². The third-order valence-corrected chi connectivity index (χ3v) is 4.47. The number of nitrogens with zero attached hydrogens (tertiary/aromatic N) is 5. The molecule has 1 atom stereocenters. The molecule has 134 valence electrons. The number of piperazine rings is 1. The van der Waals surface area contributed by atoms with Gasteiger partial charge in [0.25, 0.3) is 0 Å². The van der Waals surface area contributed by atoms with E-state index in [1.54, 1.807) is 19.5 Å². The van der Waals surface area contributed by atoms with Crippen molar-refractivity contribution in [2.24, 2.45) is 10.7 Å². The third-order valence-electron chi connectivity index (χ3n) is 4.47. The second-order valence-electron chi connectivity index (χ2n) is 5.89. The van der Waals surface area contributed by atoms with Gasteiger partial charge in [-0.05, 0) is 6.07 Å². The van der Waals surface area contributed by atoms with Crippen LogP contribution in [-0.2, 0) is 9.47 Å². The molecule has 2 fully saturated rings. The van der Waals surface area contributed by atoms with Gasteiger partial charge in [0.15, 0.2) is 5.96 Å². The Bertz CT molecular complexity index is 530. The molecule has 2 N–H and O–H groups in total. The molecule has 1 aromatic heterocycles. The lowest BCUT2D eigenvalue weighted by molar-refractivity contribution is -0.00918. The Hall–Kier alpha value is -1.20. The lowest BCUT2D eigenvalue weighted by Crippen LogP contribution is -2.52. The van der Waals surface area contributed by atoms with Gasteiger partial charge in [0, 0.05) is 58.7 Å². The molecule has 1 aromatic rings. The summed E-state index contributed by atoms with van der Waals surface area (Å²) in [5.74, 6) is 1.34.